The summed E-state index contributed by atoms with van der Waals surface area (Å²) in [6.07, 6.45) is 3.61. The van der Waals surface area contributed by atoms with Gasteiger partial charge < -0.3 is 5.11 Å². The Labute approximate surface area is 203 Å². The molecule has 4 nitrogen and oxygen atoms in total. The first-order valence-electron chi connectivity index (χ1n) is 11.4. The van der Waals surface area contributed by atoms with Crippen LogP contribution in [0.5, 0.6) is 5.75 Å². The highest BCUT2D eigenvalue weighted by Gasteiger charge is 2.20. The summed E-state index contributed by atoms with van der Waals surface area (Å²) in [5, 5.41) is 11.5. The van der Waals surface area contributed by atoms with Gasteiger partial charge in [0.25, 0.3) is 0 Å². The summed E-state index contributed by atoms with van der Waals surface area (Å²) in [5.41, 5.74) is 7.83. The fraction of sp³-hybridized carbons (Fsp3) is 0. The number of nitrogens with zero attached hydrogens (tertiary/aromatic N) is 3. The zero-order valence-corrected chi connectivity index (χ0v) is 18.8. The van der Waals surface area contributed by atoms with Crippen molar-refractivity contribution in [1.29, 1.82) is 0 Å². The molecule has 1 N–H and O–H groups in total. The van der Waals surface area contributed by atoms with E-state index in [0.29, 0.717) is 5.52 Å². The van der Waals surface area contributed by atoms with E-state index in [1.807, 2.05) is 85.1 Å². The van der Waals surface area contributed by atoms with Crippen molar-refractivity contribution in [2.24, 2.45) is 0 Å². The van der Waals surface area contributed by atoms with Crippen molar-refractivity contribution >= 4 is 10.9 Å². The Morgan fingerprint density at radius 2 is 1.09 bits per heavy atom. The molecule has 6 aromatic rings. The van der Waals surface area contributed by atoms with Crippen LogP contribution in [0, 0.1) is 0 Å². The van der Waals surface area contributed by atoms with Crippen LogP contribution in [0.25, 0.3) is 55.8 Å². The van der Waals surface area contributed by atoms with Crippen molar-refractivity contribution in [1.82, 2.24) is 15.0 Å². The molecular weight excluding hydrogens is 430 g/mol. The van der Waals surface area contributed by atoms with E-state index in [-0.39, 0.29) is 5.75 Å². The Morgan fingerprint density at radius 3 is 1.74 bits per heavy atom. The van der Waals surface area contributed by atoms with Crippen LogP contribution in [0.15, 0.2) is 122 Å². The van der Waals surface area contributed by atoms with Crippen LogP contribution in [-0.2, 0) is 0 Å². The van der Waals surface area contributed by atoms with Crippen LogP contribution < -0.4 is 0 Å². The predicted octanol–water partition coefficient (Wildman–Crippen LogP) is 7.40. The van der Waals surface area contributed by atoms with Crippen molar-refractivity contribution in [3.05, 3.63) is 122 Å². The quantitative estimate of drug-likeness (QED) is 0.303. The molecule has 0 saturated carbocycles. The second-order valence-corrected chi connectivity index (χ2v) is 8.26. The molecule has 3 heterocycles. The van der Waals surface area contributed by atoms with Gasteiger partial charge in [-0.1, -0.05) is 78.9 Å². The Morgan fingerprint density at radius 1 is 0.486 bits per heavy atom. The molecule has 3 aromatic carbocycles. The molecule has 0 saturated heterocycles. The summed E-state index contributed by atoms with van der Waals surface area (Å²) in [6, 6.07) is 35.8. The van der Waals surface area contributed by atoms with Gasteiger partial charge in [-0.25, -0.2) is 4.98 Å². The van der Waals surface area contributed by atoms with Crippen LogP contribution in [0.4, 0.5) is 0 Å². The zero-order valence-electron chi connectivity index (χ0n) is 18.8. The second-order valence-electron chi connectivity index (χ2n) is 8.26. The van der Waals surface area contributed by atoms with E-state index in [0.717, 1.165) is 50.3 Å². The van der Waals surface area contributed by atoms with E-state index >= 15 is 0 Å². The van der Waals surface area contributed by atoms with Crippen molar-refractivity contribution in [3.8, 4) is 50.6 Å². The van der Waals surface area contributed by atoms with E-state index in [9.17, 15) is 5.11 Å². The number of fused-ring (bicyclic) bond motifs is 1. The van der Waals surface area contributed by atoms with E-state index in [1.165, 1.54) is 0 Å². The third kappa shape index (κ3) is 3.81. The SMILES string of the molecule is Oc1cccc2cc(-c3cccnc3-c3ccccc3)c(-c3cccnc3-c3ccccc3)nc12. The number of aromatic hydroxyl groups is 1. The molecule has 0 radical (unpaired) electrons. The maximum Gasteiger partial charge on any atom is 0.141 e. The van der Waals surface area contributed by atoms with Gasteiger partial charge in [-0.15, -0.1) is 0 Å². The summed E-state index contributed by atoms with van der Waals surface area (Å²) < 4.78 is 0. The zero-order chi connectivity index (χ0) is 23.6. The van der Waals surface area contributed by atoms with Gasteiger partial charge in [0.1, 0.15) is 11.3 Å². The second kappa shape index (κ2) is 8.84. The smallest absolute Gasteiger partial charge is 0.141 e. The maximum absolute atomic E-state index is 10.6. The maximum atomic E-state index is 10.6. The van der Waals surface area contributed by atoms with Crippen molar-refractivity contribution in [2.75, 3.05) is 0 Å². The molecule has 166 valence electrons. The molecule has 0 amide bonds. The number of pyridine rings is 3. The number of aromatic nitrogens is 3. The van der Waals surface area contributed by atoms with Gasteiger partial charge in [0.05, 0.1) is 17.1 Å². The number of hydrogen-bond acceptors (Lipinski definition) is 4. The minimum Gasteiger partial charge on any atom is -0.506 e. The minimum atomic E-state index is 0.148. The van der Waals surface area contributed by atoms with Crippen LogP contribution in [0.2, 0.25) is 0 Å². The molecule has 0 bridgehead atoms. The average molecular weight is 452 g/mol. The highest BCUT2D eigenvalue weighted by Crippen LogP contribution is 2.41. The molecule has 0 unspecified atom stereocenters. The molecule has 0 aliphatic rings. The van der Waals surface area contributed by atoms with E-state index in [4.69, 9.17) is 15.0 Å². The van der Waals surface area contributed by atoms with Crippen LogP contribution >= 0.6 is 0 Å². The summed E-state index contributed by atoms with van der Waals surface area (Å²) in [5.74, 6) is 0.148. The monoisotopic (exact) mass is 451 g/mol. The standard InChI is InChI=1S/C31H21N3O/c35-27-17-7-14-23-20-26(24-15-8-18-32-28(24)21-10-3-1-4-11-21)31(34-30(23)27)25-16-9-19-33-29(25)22-12-5-2-6-13-22/h1-20,35H. The highest BCUT2D eigenvalue weighted by atomic mass is 16.3. The third-order valence-corrected chi connectivity index (χ3v) is 6.08. The Kier molecular flexibility index (Phi) is 5.24. The average Bonchev–Trinajstić information content (AvgIpc) is 2.94. The van der Waals surface area contributed by atoms with Gasteiger partial charge in [-0.2, -0.15) is 0 Å². The van der Waals surface area contributed by atoms with Gasteiger partial charge in [0.2, 0.25) is 0 Å². The molecule has 0 spiro atoms. The number of phenols is 1. The largest absolute Gasteiger partial charge is 0.506 e. The lowest BCUT2D eigenvalue weighted by atomic mass is 9.92. The van der Waals surface area contributed by atoms with Gasteiger partial charge in [0.15, 0.2) is 0 Å². The molecule has 0 aliphatic heterocycles. The van der Waals surface area contributed by atoms with Crippen molar-refractivity contribution < 1.29 is 5.11 Å². The fourth-order valence-electron chi connectivity index (χ4n) is 4.46. The molecule has 0 atom stereocenters. The van der Waals surface area contributed by atoms with E-state index in [2.05, 4.69) is 24.3 Å². The molecule has 4 heteroatoms. The van der Waals surface area contributed by atoms with Crippen LogP contribution in [0.3, 0.4) is 0 Å². The van der Waals surface area contributed by atoms with Gasteiger partial charge in [0, 0.05) is 45.6 Å². The first-order valence-corrected chi connectivity index (χ1v) is 11.4. The lowest BCUT2D eigenvalue weighted by Crippen LogP contribution is -1.97. The van der Waals surface area contributed by atoms with Crippen molar-refractivity contribution in [2.45, 2.75) is 0 Å². The number of rotatable bonds is 4. The summed E-state index contributed by atoms with van der Waals surface area (Å²) in [6.45, 7) is 0. The van der Waals surface area contributed by atoms with Gasteiger partial charge >= 0.3 is 0 Å². The lowest BCUT2D eigenvalue weighted by molar-refractivity contribution is 0.480. The van der Waals surface area contributed by atoms with Gasteiger partial charge in [-0.05, 0) is 30.3 Å². The predicted molar refractivity (Wildman–Crippen MR) is 141 cm³/mol. The molecule has 6 rings (SSSR count). The first-order chi connectivity index (χ1) is 17.3. The molecule has 0 aliphatic carbocycles. The summed E-state index contributed by atoms with van der Waals surface area (Å²) in [4.78, 5) is 14.5. The Bertz CT molecular complexity index is 1650. The van der Waals surface area contributed by atoms with Gasteiger partial charge in [-0.3, -0.25) is 9.97 Å². The minimum absolute atomic E-state index is 0.148. The van der Waals surface area contributed by atoms with Crippen molar-refractivity contribution in [3.63, 3.8) is 0 Å². The summed E-state index contributed by atoms with van der Waals surface area (Å²) >= 11 is 0. The highest BCUT2D eigenvalue weighted by molar-refractivity contribution is 5.98. The molecule has 0 fully saturated rings. The lowest BCUT2D eigenvalue weighted by Gasteiger charge is -2.17. The summed E-state index contributed by atoms with van der Waals surface area (Å²) in [7, 11) is 0. The van der Waals surface area contributed by atoms with Crippen LogP contribution in [-0.4, -0.2) is 20.1 Å². The topological polar surface area (TPSA) is 58.9 Å². The number of benzene rings is 3. The molecular formula is C31H21N3O. The Hall–Kier alpha value is -4.83. The third-order valence-electron chi connectivity index (χ3n) is 6.08. The number of para-hydroxylation sites is 1. The molecule has 35 heavy (non-hydrogen) atoms. The molecule has 3 aromatic heterocycles. The normalized spacial score (nSPS) is 11.0. The number of hydrogen-bond donors (Lipinski definition) is 1. The number of phenolic OH excluding ortho intramolecular Hbond substituents is 1. The van der Waals surface area contributed by atoms with E-state index < -0.39 is 0 Å². The van der Waals surface area contributed by atoms with E-state index in [1.54, 1.807) is 12.3 Å². The fourth-order valence-corrected chi connectivity index (χ4v) is 4.46. The first kappa shape index (κ1) is 20.8. The van der Waals surface area contributed by atoms with Crippen LogP contribution in [0.1, 0.15) is 0 Å². The Balaban J connectivity index is 1.69.